The highest BCUT2D eigenvalue weighted by molar-refractivity contribution is 5.80. The molecule has 5 heteroatoms. The summed E-state index contributed by atoms with van der Waals surface area (Å²) >= 11 is 0. The number of rotatable bonds is 5. The van der Waals surface area contributed by atoms with Gasteiger partial charge in [0.25, 0.3) is 0 Å². The Morgan fingerprint density at radius 2 is 1.52 bits per heavy atom. The van der Waals surface area contributed by atoms with Gasteiger partial charge >= 0.3 is 0 Å². The van der Waals surface area contributed by atoms with E-state index in [1.165, 1.54) is 32.1 Å². The lowest BCUT2D eigenvalue weighted by Gasteiger charge is -2.54. The van der Waals surface area contributed by atoms with Gasteiger partial charge in [-0.15, -0.1) is 0 Å². The molecule has 0 atom stereocenters. The molecule has 5 nitrogen and oxygen atoms in total. The van der Waals surface area contributed by atoms with E-state index in [2.05, 4.69) is 22.0 Å². The van der Waals surface area contributed by atoms with E-state index < -0.39 is 0 Å². The summed E-state index contributed by atoms with van der Waals surface area (Å²) in [6.07, 6.45) is 7.63. The first-order valence-corrected chi connectivity index (χ1v) is 10.4. The van der Waals surface area contributed by atoms with Crippen molar-refractivity contribution >= 4 is 11.8 Å². The molecule has 4 aliphatic carbocycles. The van der Waals surface area contributed by atoms with Crippen molar-refractivity contribution in [1.82, 2.24) is 15.1 Å². The summed E-state index contributed by atoms with van der Waals surface area (Å²) < 4.78 is 0. The summed E-state index contributed by atoms with van der Waals surface area (Å²) in [5.41, 5.74) is 0. The Kier molecular flexibility index (Phi) is 5.03. The smallest absolute Gasteiger partial charge is 0.234 e. The van der Waals surface area contributed by atoms with E-state index in [0.29, 0.717) is 30.2 Å². The lowest BCUT2D eigenvalue weighted by atomic mass is 9.51. The van der Waals surface area contributed by atoms with Gasteiger partial charge in [-0.2, -0.15) is 0 Å². The highest BCUT2D eigenvalue weighted by Gasteiger charge is 2.51. The van der Waals surface area contributed by atoms with Crippen molar-refractivity contribution in [3.63, 3.8) is 0 Å². The molecule has 5 rings (SSSR count). The first kappa shape index (κ1) is 17.3. The van der Waals surface area contributed by atoms with E-state index in [-0.39, 0.29) is 5.91 Å². The maximum absolute atomic E-state index is 13.2. The van der Waals surface area contributed by atoms with E-state index in [9.17, 15) is 9.59 Å². The number of carbonyl (C=O) groups is 2. The minimum absolute atomic E-state index is 0.114. The summed E-state index contributed by atoms with van der Waals surface area (Å²) in [6, 6.07) is 0. The molecule has 4 bridgehead atoms. The molecule has 0 aromatic heterocycles. The van der Waals surface area contributed by atoms with Crippen LogP contribution in [0.4, 0.5) is 0 Å². The second-order valence-corrected chi connectivity index (χ2v) is 8.91. The van der Waals surface area contributed by atoms with Crippen LogP contribution in [0.2, 0.25) is 0 Å². The van der Waals surface area contributed by atoms with Crippen LogP contribution in [-0.4, -0.2) is 60.9 Å². The summed E-state index contributed by atoms with van der Waals surface area (Å²) in [6.45, 7) is 6.54. The summed E-state index contributed by atoms with van der Waals surface area (Å²) in [5, 5.41) is 2.94. The number of amides is 2. The molecule has 1 saturated heterocycles. The zero-order chi connectivity index (χ0) is 17.4. The SMILES string of the molecule is CCCNC(=O)CN1CCN(C(=O)C2C3CC4CC(C3)CC2C4)CC1. The molecule has 1 N–H and O–H groups in total. The first-order chi connectivity index (χ1) is 12.1. The molecule has 4 saturated carbocycles. The quantitative estimate of drug-likeness (QED) is 0.824. The molecule has 0 aromatic rings. The third-order valence-electron chi connectivity index (χ3n) is 7.14. The predicted octanol–water partition coefficient (Wildman–Crippen LogP) is 1.73. The van der Waals surface area contributed by atoms with Crippen LogP contribution in [0.5, 0.6) is 0 Å². The molecule has 0 unspecified atom stereocenters. The second-order valence-electron chi connectivity index (χ2n) is 8.91. The Morgan fingerprint density at radius 3 is 2.08 bits per heavy atom. The van der Waals surface area contributed by atoms with Gasteiger partial charge in [-0.1, -0.05) is 6.92 Å². The molecule has 0 radical (unpaired) electrons. The predicted molar refractivity (Wildman–Crippen MR) is 96.9 cm³/mol. The first-order valence-electron chi connectivity index (χ1n) is 10.4. The normalized spacial score (nSPS) is 37.3. The Labute approximate surface area is 151 Å². The minimum atomic E-state index is 0.114. The zero-order valence-corrected chi connectivity index (χ0v) is 15.6. The maximum Gasteiger partial charge on any atom is 0.234 e. The van der Waals surface area contributed by atoms with Crippen LogP contribution in [0, 0.1) is 29.6 Å². The highest BCUT2D eigenvalue weighted by Crippen LogP contribution is 2.56. The van der Waals surface area contributed by atoms with Crippen LogP contribution < -0.4 is 5.32 Å². The molecule has 25 heavy (non-hydrogen) atoms. The molecule has 5 fully saturated rings. The molecule has 5 aliphatic rings. The van der Waals surface area contributed by atoms with E-state index >= 15 is 0 Å². The van der Waals surface area contributed by atoms with Crippen LogP contribution in [-0.2, 0) is 9.59 Å². The second kappa shape index (κ2) is 7.26. The van der Waals surface area contributed by atoms with Gasteiger partial charge in [0, 0.05) is 38.6 Å². The number of carbonyl (C=O) groups excluding carboxylic acids is 2. The van der Waals surface area contributed by atoms with Gasteiger partial charge in [-0.3, -0.25) is 14.5 Å². The number of nitrogens with one attached hydrogen (secondary N) is 1. The van der Waals surface area contributed by atoms with Crippen molar-refractivity contribution in [1.29, 1.82) is 0 Å². The van der Waals surface area contributed by atoms with Gasteiger partial charge in [0.1, 0.15) is 0 Å². The van der Waals surface area contributed by atoms with Crippen molar-refractivity contribution in [2.24, 2.45) is 29.6 Å². The van der Waals surface area contributed by atoms with Crippen LogP contribution >= 0.6 is 0 Å². The van der Waals surface area contributed by atoms with Crippen LogP contribution in [0.15, 0.2) is 0 Å². The van der Waals surface area contributed by atoms with E-state index in [1.54, 1.807) is 0 Å². The molecule has 2 amide bonds. The third kappa shape index (κ3) is 3.57. The summed E-state index contributed by atoms with van der Waals surface area (Å²) in [4.78, 5) is 29.3. The van der Waals surface area contributed by atoms with Crippen molar-refractivity contribution in [2.45, 2.75) is 45.4 Å². The van der Waals surface area contributed by atoms with Gasteiger partial charge < -0.3 is 10.2 Å². The summed E-state index contributed by atoms with van der Waals surface area (Å²) in [5.74, 6) is 4.04. The standard InChI is InChI=1S/C20H33N3O2/c1-2-3-21-18(24)13-22-4-6-23(7-5-22)20(25)19-16-9-14-8-15(11-16)12-17(19)10-14/h14-17,19H,2-13H2,1H3,(H,21,24). The Balaban J connectivity index is 1.28. The van der Waals surface area contributed by atoms with Crippen molar-refractivity contribution in [2.75, 3.05) is 39.3 Å². The summed E-state index contributed by atoms with van der Waals surface area (Å²) in [7, 11) is 0. The Hall–Kier alpha value is -1.10. The number of piperazine rings is 1. The number of nitrogens with zero attached hydrogens (tertiary/aromatic N) is 2. The number of hydrogen-bond acceptors (Lipinski definition) is 3. The molecule has 0 aromatic carbocycles. The molecule has 1 heterocycles. The van der Waals surface area contributed by atoms with Crippen LogP contribution in [0.1, 0.15) is 45.4 Å². The fourth-order valence-electron chi connectivity index (χ4n) is 6.19. The van der Waals surface area contributed by atoms with E-state index in [0.717, 1.165) is 51.0 Å². The average Bonchev–Trinajstić information content (AvgIpc) is 2.59. The molecular formula is C20H33N3O2. The minimum Gasteiger partial charge on any atom is -0.355 e. The van der Waals surface area contributed by atoms with E-state index in [4.69, 9.17) is 0 Å². The van der Waals surface area contributed by atoms with Crippen LogP contribution in [0.3, 0.4) is 0 Å². The average molecular weight is 348 g/mol. The van der Waals surface area contributed by atoms with Crippen LogP contribution in [0.25, 0.3) is 0 Å². The van der Waals surface area contributed by atoms with Crippen molar-refractivity contribution in [3.8, 4) is 0 Å². The lowest BCUT2D eigenvalue weighted by molar-refractivity contribution is -0.150. The van der Waals surface area contributed by atoms with Gasteiger partial charge in [0.05, 0.1) is 6.54 Å². The molecule has 140 valence electrons. The largest absolute Gasteiger partial charge is 0.355 e. The van der Waals surface area contributed by atoms with Gasteiger partial charge in [0.2, 0.25) is 11.8 Å². The fourth-order valence-corrected chi connectivity index (χ4v) is 6.19. The monoisotopic (exact) mass is 347 g/mol. The van der Waals surface area contributed by atoms with Crippen molar-refractivity contribution in [3.05, 3.63) is 0 Å². The fraction of sp³-hybridized carbons (Fsp3) is 0.900. The zero-order valence-electron chi connectivity index (χ0n) is 15.6. The maximum atomic E-state index is 13.2. The molecule has 0 spiro atoms. The Bertz CT molecular complexity index is 485. The topological polar surface area (TPSA) is 52.7 Å². The Morgan fingerprint density at radius 1 is 0.920 bits per heavy atom. The highest BCUT2D eigenvalue weighted by atomic mass is 16.2. The van der Waals surface area contributed by atoms with Gasteiger partial charge in [-0.05, 0) is 62.2 Å². The van der Waals surface area contributed by atoms with E-state index in [1.807, 2.05) is 0 Å². The third-order valence-corrected chi connectivity index (χ3v) is 7.14. The van der Waals surface area contributed by atoms with Gasteiger partial charge in [-0.25, -0.2) is 0 Å². The lowest BCUT2D eigenvalue weighted by Crippen LogP contribution is -2.56. The molecular weight excluding hydrogens is 314 g/mol. The van der Waals surface area contributed by atoms with Gasteiger partial charge in [0.15, 0.2) is 0 Å². The molecule has 1 aliphatic heterocycles. The van der Waals surface area contributed by atoms with Crippen molar-refractivity contribution < 1.29 is 9.59 Å². The number of hydrogen-bond donors (Lipinski definition) is 1.